The highest BCUT2D eigenvalue weighted by molar-refractivity contribution is 5.91. The van der Waals surface area contributed by atoms with Gasteiger partial charge in [0, 0.05) is 16.9 Å². The van der Waals surface area contributed by atoms with E-state index in [1.807, 2.05) is 54.6 Å². The Labute approximate surface area is 224 Å². The van der Waals surface area contributed by atoms with Crippen molar-refractivity contribution in [2.24, 2.45) is 0 Å². The topological polar surface area (TPSA) is 80.0 Å². The number of aromatic nitrogens is 4. The molecule has 0 bridgehead atoms. The summed E-state index contributed by atoms with van der Waals surface area (Å²) in [6.07, 6.45) is 1.64. The molecule has 4 aromatic carbocycles. The molecule has 0 saturated heterocycles. The first kappa shape index (κ1) is 23.0. The van der Waals surface area contributed by atoms with E-state index in [2.05, 4.69) is 24.3 Å². The van der Waals surface area contributed by atoms with Crippen molar-refractivity contribution in [1.82, 2.24) is 19.6 Å². The van der Waals surface area contributed by atoms with Crippen LogP contribution in [0.25, 0.3) is 27.8 Å². The molecule has 0 aliphatic carbocycles. The molecule has 6 aromatic rings. The molecule has 1 aliphatic heterocycles. The molecule has 0 spiro atoms. The normalized spacial score (nSPS) is 14.0. The second-order valence-corrected chi connectivity index (χ2v) is 9.22. The Morgan fingerprint density at radius 1 is 0.795 bits per heavy atom. The van der Waals surface area contributed by atoms with E-state index in [4.69, 9.17) is 34.0 Å². The molecule has 8 heteroatoms. The molecule has 2 aromatic heterocycles. The summed E-state index contributed by atoms with van der Waals surface area (Å²) in [4.78, 5) is 9.69. The van der Waals surface area contributed by atoms with E-state index < -0.39 is 0 Å². The summed E-state index contributed by atoms with van der Waals surface area (Å²) in [5.74, 6) is 3.55. The third kappa shape index (κ3) is 3.56. The summed E-state index contributed by atoms with van der Waals surface area (Å²) in [6.45, 7) is 0. The molecular weight excluding hydrogens is 492 g/mol. The van der Waals surface area contributed by atoms with E-state index in [1.54, 1.807) is 32.2 Å². The molecule has 0 amide bonds. The minimum atomic E-state index is -0.251. The fourth-order valence-electron chi connectivity index (χ4n) is 5.37. The first-order chi connectivity index (χ1) is 19.2. The van der Waals surface area contributed by atoms with E-state index in [1.165, 1.54) is 0 Å². The molecule has 0 saturated carbocycles. The van der Waals surface area contributed by atoms with Crippen LogP contribution in [0.5, 0.6) is 28.9 Å². The van der Waals surface area contributed by atoms with Crippen molar-refractivity contribution in [3.63, 3.8) is 0 Å². The standard InChI is InChI=1S/C31H24N4O4/c1-36-23-11-7-6-10-21(23)29-33-30-27-26(19-13-15-24(37-2)25(16-19)38-3)22-14-12-18-8-4-5-9-20(18)28(22)39-31(27)32-17-35(30)34-29/h4-17,26H,1-3H3/t26-/m0/s1. The molecule has 39 heavy (non-hydrogen) atoms. The summed E-state index contributed by atoms with van der Waals surface area (Å²) in [7, 11) is 4.91. The molecule has 7 rings (SSSR count). The maximum absolute atomic E-state index is 6.54. The van der Waals surface area contributed by atoms with Crippen molar-refractivity contribution in [1.29, 1.82) is 0 Å². The molecule has 1 atom stereocenters. The van der Waals surface area contributed by atoms with Crippen molar-refractivity contribution in [3.8, 4) is 40.3 Å². The van der Waals surface area contributed by atoms with E-state index in [9.17, 15) is 0 Å². The van der Waals surface area contributed by atoms with Crippen LogP contribution in [0, 0.1) is 0 Å². The van der Waals surface area contributed by atoms with Crippen molar-refractivity contribution >= 4 is 16.4 Å². The monoisotopic (exact) mass is 516 g/mol. The van der Waals surface area contributed by atoms with Gasteiger partial charge < -0.3 is 18.9 Å². The number of hydrogen-bond acceptors (Lipinski definition) is 7. The fraction of sp³-hybridized carbons (Fsp3) is 0.129. The highest BCUT2D eigenvalue weighted by Gasteiger charge is 2.35. The van der Waals surface area contributed by atoms with Gasteiger partial charge in [-0.3, -0.25) is 0 Å². The van der Waals surface area contributed by atoms with Gasteiger partial charge in [0.2, 0.25) is 5.88 Å². The van der Waals surface area contributed by atoms with Gasteiger partial charge in [-0.05, 0) is 35.2 Å². The first-order valence-electron chi connectivity index (χ1n) is 12.5. The van der Waals surface area contributed by atoms with Crippen LogP contribution in [0.15, 0.2) is 85.2 Å². The van der Waals surface area contributed by atoms with Gasteiger partial charge in [0.1, 0.15) is 17.8 Å². The van der Waals surface area contributed by atoms with E-state index in [-0.39, 0.29) is 5.92 Å². The van der Waals surface area contributed by atoms with Crippen molar-refractivity contribution in [2.75, 3.05) is 21.3 Å². The molecule has 8 nitrogen and oxygen atoms in total. The number of rotatable bonds is 5. The average molecular weight is 517 g/mol. The number of benzene rings is 4. The van der Waals surface area contributed by atoms with Gasteiger partial charge in [-0.15, -0.1) is 5.10 Å². The zero-order valence-electron chi connectivity index (χ0n) is 21.6. The highest BCUT2D eigenvalue weighted by Crippen LogP contribution is 2.51. The third-order valence-corrected chi connectivity index (χ3v) is 7.18. The van der Waals surface area contributed by atoms with E-state index in [0.29, 0.717) is 34.6 Å². The molecule has 3 heterocycles. The third-order valence-electron chi connectivity index (χ3n) is 7.18. The van der Waals surface area contributed by atoms with Crippen LogP contribution < -0.4 is 18.9 Å². The number of para-hydroxylation sites is 1. The van der Waals surface area contributed by atoms with Crippen molar-refractivity contribution < 1.29 is 18.9 Å². The van der Waals surface area contributed by atoms with Crippen LogP contribution in [-0.2, 0) is 0 Å². The first-order valence-corrected chi connectivity index (χ1v) is 12.5. The summed E-state index contributed by atoms with van der Waals surface area (Å²) >= 11 is 0. The van der Waals surface area contributed by atoms with Gasteiger partial charge in [0.15, 0.2) is 23.0 Å². The molecule has 192 valence electrons. The second-order valence-electron chi connectivity index (χ2n) is 9.22. The summed E-state index contributed by atoms with van der Waals surface area (Å²) < 4.78 is 25.0. The van der Waals surface area contributed by atoms with Gasteiger partial charge >= 0.3 is 0 Å². The van der Waals surface area contributed by atoms with Crippen LogP contribution in [0.2, 0.25) is 0 Å². The minimum Gasteiger partial charge on any atom is -0.496 e. The van der Waals surface area contributed by atoms with Crippen molar-refractivity contribution in [2.45, 2.75) is 5.92 Å². The second kappa shape index (κ2) is 9.02. The van der Waals surface area contributed by atoms with Gasteiger partial charge in [0.05, 0.1) is 32.5 Å². The maximum atomic E-state index is 6.54. The largest absolute Gasteiger partial charge is 0.496 e. The van der Waals surface area contributed by atoms with Gasteiger partial charge in [-0.2, -0.15) is 0 Å². The smallest absolute Gasteiger partial charge is 0.228 e. The molecule has 0 unspecified atom stereocenters. The Morgan fingerprint density at radius 3 is 2.44 bits per heavy atom. The molecule has 0 fully saturated rings. The average Bonchev–Trinajstić information content (AvgIpc) is 3.44. The number of ether oxygens (including phenoxy) is 4. The fourth-order valence-corrected chi connectivity index (χ4v) is 5.37. The number of hydrogen-bond donors (Lipinski definition) is 0. The Kier molecular flexibility index (Phi) is 5.33. The van der Waals surface area contributed by atoms with Gasteiger partial charge in [0.25, 0.3) is 0 Å². The van der Waals surface area contributed by atoms with Crippen LogP contribution in [-0.4, -0.2) is 40.9 Å². The predicted octanol–water partition coefficient (Wildman–Crippen LogP) is 6.26. The zero-order chi connectivity index (χ0) is 26.5. The molecular formula is C31H24N4O4. The van der Waals surface area contributed by atoms with E-state index >= 15 is 0 Å². The van der Waals surface area contributed by atoms with Crippen molar-refractivity contribution in [3.05, 3.63) is 102 Å². The van der Waals surface area contributed by atoms with Crippen LogP contribution in [0.4, 0.5) is 0 Å². The Morgan fingerprint density at radius 2 is 1.59 bits per heavy atom. The van der Waals surface area contributed by atoms with Crippen LogP contribution in [0.1, 0.15) is 22.6 Å². The Balaban J connectivity index is 1.51. The Hall–Kier alpha value is -5.11. The lowest BCUT2D eigenvalue weighted by Crippen LogP contribution is -2.15. The quantitative estimate of drug-likeness (QED) is 0.267. The van der Waals surface area contributed by atoms with E-state index in [0.717, 1.165) is 38.8 Å². The lowest BCUT2D eigenvalue weighted by atomic mass is 9.82. The lowest BCUT2D eigenvalue weighted by Gasteiger charge is -2.29. The van der Waals surface area contributed by atoms with Crippen LogP contribution in [0.3, 0.4) is 0 Å². The molecule has 1 aliphatic rings. The van der Waals surface area contributed by atoms with Crippen LogP contribution >= 0.6 is 0 Å². The number of fused-ring (bicyclic) bond motifs is 6. The molecule has 0 radical (unpaired) electrons. The minimum absolute atomic E-state index is 0.251. The number of nitrogens with zero attached hydrogens (tertiary/aromatic N) is 4. The predicted molar refractivity (Wildman–Crippen MR) is 147 cm³/mol. The summed E-state index contributed by atoms with van der Waals surface area (Å²) in [6, 6.07) is 26.1. The Bertz CT molecular complexity index is 1880. The van der Waals surface area contributed by atoms with Gasteiger partial charge in [-0.1, -0.05) is 54.6 Å². The zero-order valence-corrected chi connectivity index (χ0v) is 21.6. The lowest BCUT2D eigenvalue weighted by molar-refractivity contribution is 0.354. The highest BCUT2D eigenvalue weighted by atomic mass is 16.5. The molecule has 0 N–H and O–H groups in total. The van der Waals surface area contributed by atoms with Gasteiger partial charge in [-0.25, -0.2) is 14.5 Å². The number of methoxy groups -OCH3 is 3. The summed E-state index contributed by atoms with van der Waals surface area (Å²) in [5.41, 5.74) is 4.26. The SMILES string of the molecule is COc1ccc([C@H]2c3ccc4ccccc4c3Oc3ncn4nc(-c5ccccc5OC)nc4c32)cc1OC. The summed E-state index contributed by atoms with van der Waals surface area (Å²) in [5, 5.41) is 6.87. The maximum Gasteiger partial charge on any atom is 0.228 e.